The van der Waals surface area contributed by atoms with E-state index in [9.17, 15) is 13.2 Å². The van der Waals surface area contributed by atoms with Crippen molar-refractivity contribution in [1.82, 2.24) is 0 Å². The highest BCUT2D eigenvalue weighted by molar-refractivity contribution is 9.10. The van der Waals surface area contributed by atoms with Crippen molar-refractivity contribution in [2.24, 2.45) is 0 Å². The van der Waals surface area contributed by atoms with Gasteiger partial charge in [-0.2, -0.15) is 0 Å². The van der Waals surface area contributed by atoms with Crippen molar-refractivity contribution in [2.75, 3.05) is 0 Å². The standard InChI is InChI=1S/C17H16BrF3O/c1-9(2)11-4-5-15(14(18)7-11)22-16-10(3)6-12(19)8-13(16)17(20)21/h4-9,17H,1-3H3. The van der Waals surface area contributed by atoms with Crippen LogP contribution in [0.3, 0.4) is 0 Å². The number of aryl methyl sites for hydroxylation is 1. The van der Waals surface area contributed by atoms with Crippen LogP contribution in [0.4, 0.5) is 13.2 Å². The van der Waals surface area contributed by atoms with Crippen LogP contribution < -0.4 is 4.74 Å². The highest BCUT2D eigenvalue weighted by atomic mass is 79.9. The Morgan fingerprint density at radius 3 is 2.32 bits per heavy atom. The van der Waals surface area contributed by atoms with Crippen molar-refractivity contribution >= 4 is 15.9 Å². The predicted molar refractivity (Wildman–Crippen MR) is 84.4 cm³/mol. The van der Waals surface area contributed by atoms with E-state index in [1.165, 1.54) is 6.07 Å². The fourth-order valence-electron chi connectivity index (χ4n) is 2.13. The van der Waals surface area contributed by atoms with E-state index in [1.807, 2.05) is 12.1 Å². The van der Waals surface area contributed by atoms with Gasteiger partial charge in [-0.1, -0.05) is 19.9 Å². The van der Waals surface area contributed by atoms with E-state index in [1.54, 1.807) is 13.0 Å². The van der Waals surface area contributed by atoms with E-state index in [-0.39, 0.29) is 5.75 Å². The van der Waals surface area contributed by atoms with Gasteiger partial charge in [-0.3, -0.25) is 0 Å². The molecule has 0 unspecified atom stereocenters. The first-order valence-corrected chi connectivity index (χ1v) is 7.64. The SMILES string of the molecule is Cc1cc(F)cc(C(F)F)c1Oc1ccc(C(C)C)cc1Br. The molecule has 2 aromatic rings. The minimum Gasteiger partial charge on any atom is -0.455 e. The van der Waals surface area contributed by atoms with Gasteiger partial charge in [0.15, 0.2) is 0 Å². The van der Waals surface area contributed by atoms with Crippen LogP contribution in [0.2, 0.25) is 0 Å². The molecule has 0 bridgehead atoms. The van der Waals surface area contributed by atoms with Gasteiger partial charge in [-0.25, -0.2) is 13.2 Å². The molecule has 0 aliphatic carbocycles. The van der Waals surface area contributed by atoms with Crippen molar-refractivity contribution in [2.45, 2.75) is 33.1 Å². The summed E-state index contributed by atoms with van der Waals surface area (Å²) in [6, 6.07) is 7.48. The molecule has 0 aliphatic rings. The molecule has 0 fully saturated rings. The van der Waals surface area contributed by atoms with E-state index >= 15 is 0 Å². The molecule has 0 aromatic heterocycles. The Morgan fingerprint density at radius 1 is 1.09 bits per heavy atom. The van der Waals surface area contributed by atoms with E-state index < -0.39 is 17.8 Å². The lowest BCUT2D eigenvalue weighted by atomic mass is 10.0. The normalized spacial score (nSPS) is 11.3. The fourth-order valence-corrected chi connectivity index (χ4v) is 2.60. The van der Waals surface area contributed by atoms with Gasteiger partial charge in [-0.05, 0) is 64.2 Å². The largest absolute Gasteiger partial charge is 0.455 e. The molecular formula is C17H16BrF3O. The second-order valence-corrected chi connectivity index (χ2v) is 6.24. The number of halogens is 4. The number of hydrogen-bond acceptors (Lipinski definition) is 1. The van der Waals surface area contributed by atoms with E-state index in [0.29, 0.717) is 21.7 Å². The monoisotopic (exact) mass is 372 g/mol. The first-order chi connectivity index (χ1) is 10.3. The molecule has 118 valence electrons. The molecule has 2 aromatic carbocycles. The maximum atomic E-state index is 13.3. The minimum absolute atomic E-state index is 0.00519. The quantitative estimate of drug-likeness (QED) is 0.576. The molecule has 2 rings (SSSR count). The molecular weight excluding hydrogens is 357 g/mol. The van der Waals surface area contributed by atoms with Crippen LogP contribution in [0.5, 0.6) is 11.5 Å². The Bertz CT molecular complexity index is 684. The number of benzene rings is 2. The molecule has 0 aliphatic heterocycles. The molecule has 0 saturated heterocycles. The lowest BCUT2D eigenvalue weighted by Gasteiger charge is -2.16. The lowest BCUT2D eigenvalue weighted by molar-refractivity contribution is 0.147. The lowest BCUT2D eigenvalue weighted by Crippen LogP contribution is -1.98. The molecule has 0 atom stereocenters. The van der Waals surface area contributed by atoms with Gasteiger partial charge in [0.05, 0.1) is 10.0 Å². The second kappa shape index (κ2) is 6.73. The summed E-state index contributed by atoms with van der Waals surface area (Å²) in [6.45, 7) is 5.66. The van der Waals surface area contributed by atoms with Gasteiger partial charge < -0.3 is 4.74 Å². The Kier molecular flexibility index (Phi) is 5.16. The molecule has 0 amide bonds. The van der Waals surface area contributed by atoms with Crippen LogP contribution >= 0.6 is 15.9 Å². The molecule has 0 saturated carbocycles. The van der Waals surface area contributed by atoms with Crippen LogP contribution in [0.25, 0.3) is 0 Å². The van der Waals surface area contributed by atoms with Crippen LogP contribution in [-0.2, 0) is 0 Å². The summed E-state index contributed by atoms with van der Waals surface area (Å²) in [5.41, 5.74) is 0.983. The molecule has 5 heteroatoms. The van der Waals surface area contributed by atoms with Crippen LogP contribution in [0, 0.1) is 12.7 Å². The molecule has 0 radical (unpaired) electrons. The third-order valence-corrected chi connectivity index (χ3v) is 3.96. The predicted octanol–water partition coefficient (Wildman–Crippen LogP) is 6.75. The Balaban J connectivity index is 2.43. The maximum Gasteiger partial charge on any atom is 0.267 e. The number of rotatable bonds is 4. The first kappa shape index (κ1) is 16.9. The summed E-state index contributed by atoms with van der Waals surface area (Å²) in [5, 5.41) is 0. The zero-order valence-corrected chi connectivity index (χ0v) is 14.0. The highest BCUT2D eigenvalue weighted by Crippen LogP contribution is 2.39. The van der Waals surface area contributed by atoms with Crippen molar-refractivity contribution in [3.8, 4) is 11.5 Å². The van der Waals surface area contributed by atoms with Crippen molar-refractivity contribution in [3.63, 3.8) is 0 Å². The van der Waals surface area contributed by atoms with Gasteiger partial charge in [0.25, 0.3) is 6.43 Å². The van der Waals surface area contributed by atoms with E-state index in [2.05, 4.69) is 29.8 Å². The van der Waals surface area contributed by atoms with Gasteiger partial charge in [-0.15, -0.1) is 0 Å². The second-order valence-electron chi connectivity index (χ2n) is 5.39. The average Bonchev–Trinajstić information content (AvgIpc) is 2.42. The minimum atomic E-state index is -2.81. The van der Waals surface area contributed by atoms with E-state index in [4.69, 9.17) is 4.74 Å². The summed E-state index contributed by atoms with van der Waals surface area (Å²) >= 11 is 3.39. The molecule has 0 heterocycles. The third-order valence-electron chi connectivity index (χ3n) is 3.34. The van der Waals surface area contributed by atoms with E-state index in [0.717, 1.165) is 11.6 Å². The maximum absolute atomic E-state index is 13.3. The molecule has 0 spiro atoms. The summed E-state index contributed by atoms with van der Waals surface area (Å²) < 4.78 is 45.8. The Labute approximate surface area is 136 Å². The summed E-state index contributed by atoms with van der Waals surface area (Å²) in [6.07, 6.45) is -2.81. The molecule has 0 N–H and O–H groups in total. The topological polar surface area (TPSA) is 9.23 Å². The number of ether oxygens (including phenoxy) is 1. The highest BCUT2D eigenvalue weighted by Gasteiger charge is 2.19. The summed E-state index contributed by atoms with van der Waals surface area (Å²) in [4.78, 5) is 0. The first-order valence-electron chi connectivity index (χ1n) is 6.85. The van der Waals surface area contributed by atoms with Gasteiger partial charge >= 0.3 is 0 Å². The van der Waals surface area contributed by atoms with Crippen LogP contribution in [0.1, 0.15) is 42.9 Å². The third kappa shape index (κ3) is 3.64. The van der Waals surface area contributed by atoms with Crippen LogP contribution in [0.15, 0.2) is 34.8 Å². The van der Waals surface area contributed by atoms with Crippen molar-refractivity contribution in [1.29, 1.82) is 0 Å². The Hall–Kier alpha value is -1.49. The van der Waals surface area contributed by atoms with Gasteiger partial charge in [0, 0.05) is 0 Å². The van der Waals surface area contributed by atoms with Crippen LogP contribution in [-0.4, -0.2) is 0 Å². The van der Waals surface area contributed by atoms with Gasteiger partial charge in [0.2, 0.25) is 0 Å². The zero-order chi connectivity index (χ0) is 16.4. The molecule has 22 heavy (non-hydrogen) atoms. The zero-order valence-electron chi connectivity index (χ0n) is 12.5. The summed E-state index contributed by atoms with van der Waals surface area (Å²) in [7, 11) is 0. The van der Waals surface area contributed by atoms with Gasteiger partial charge in [0.1, 0.15) is 17.3 Å². The smallest absolute Gasteiger partial charge is 0.267 e. The molecule has 1 nitrogen and oxygen atoms in total. The Morgan fingerprint density at radius 2 is 1.77 bits per heavy atom. The number of alkyl halides is 2. The average molecular weight is 373 g/mol. The number of hydrogen-bond donors (Lipinski definition) is 0. The van der Waals surface area contributed by atoms with Crippen molar-refractivity contribution in [3.05, 3.63) is 57.3 Å². The fraction of sp³-hybridized carbons (Fsp3) is 0.294. The van der Waals surface area contributed by atoms with Crippen molar-refractivity contribution < 1.29 is 17.9 Å². The summed E-state index contributed by atoms with van der Waals surface area (Å²) in [5.74, 6) is 0.0549.